The highest BCUT2D eigenvalue weighted by Crippen LogP contribution is 2.35. The van der Waals surface area contributed by atoms with Gasteiger partial charge < -0.3 is 4.52 Å². The lowest BCUT2D eigenvalue weighted by molar-refractivity contribution is -0.137. The Kier molecular flexibility index (Phi) is 11.1. The van der Waals surface area contributed by atoms with E-state index in [1.807, 2.05) is 0 Å². The van der Waals surface area contributed by atoms with Crippen LogP contribution in [-0.4, -0.2) is 10.1 Å². The Labute approximate surface area is 217 Å². The average molecular weight is 516 g/mol. The van der Waals surface area contributed by atoms with Crippen molar-refractivity contribution in [3.63, 3.8) is 0 Å². The molecule has 2 aromatic carbocycles. The van der Waals surface area contributed by atoms with Crippen molar-refractivity contribution < 1.29 is 22.9 Å². The van der Waals surface area contributed by atoms with Crippen molar-refractivity contribution in [1.29, 1.82) is 0 Å². The van der Waals surface area contributed by atoms with Crippen LogP contribution in [0.25, 0.3) is 11.5 Å². The van der Waals surface area contributed by atoms with E-state index >= 15 is 0 Å². The zero-order chi connectivity index (χ0) is 26.7. The lowest BCUT2D eigenvalue weighted by Crippen LogP contribution is -2.17. The molecule has 200 valence electrons. The minimum atomic E-state index is -4.40. The number of hydroxylamine groups is 1. The lowest BCUT2D eigenvalue weighted by atomic mass is 9.88. The fourth-order valence-electron chi connectivity index (χ4n) is 4.49. The smallest absolute Gasteiger partial charge is 0.334 e. The summed E-state index contributed by atoms with van der Waals surface area (Å²) in [5.41, 5.74) is 4.56. The molecular weight excluding hydrogens is 479 g/mol. The zero-order valence-electron chi connectivity index (χ0n) is 21.6. The number of alkyl halides is 3. The lowest BCUT2D eigenvalue weighted by Gasteiger charge is -2.21. The highest BCUT2D eigenvalue weighted by Gasteiger charge is 2.31. The number of aromatic nitrogens is 2. The molecule has 2 radical (unpaired) electrons. The Balaban J connectivity index is 1.51. The highest BCUT2D eigenvalue weighted by atomic mass is 19.4. The number of aryl methyl sites for hydroxylation is 1. The molecule has 3 aromatic rings. The maximum Gasteiger partial charge on any atom is 0.416 e. The summed E-state index contributed by atoms with van der Waals surface area (Å²) in [6.45, 7) is 4.01. The van der Waals surface area contributed by atoms with E-state index in [9.17, 15) is 18.4 Å². The highest BCUT2D eigenvalue weighted by molar-refractivity contribution is 5.53. The first-order valence-electron chi connectivity index (χ1n) is 13.3. The molecule has 0 saturated heterocycles. The summed E-state index contributed by atoms with van der Waals surface area (Å²) in [5.74, 6) is 0.714. The summed E-state index contributed by atoms with van der Waals surface area (Å²) in [6.07, 6.45) is 7.67. The molecule has 0 amide bonds. The van der Waals surface area contributed by atoms with Gasteiger partial charge in [-0.1, -0.05) is 100 Å². The molecular formula is C29H36F3N3O2. The summed E-state index contributed by atoms with van der Waals surface area (Å²) in [5, 5.41) is 15.8. The molecule has 0 spiro atoms. The van der Waals surface area contributed by atoms with Crippen molar-refractivity contribution in [2.75, 3.05) is 0 Å². The Bertz CT molecular complexity index is 1050. The molecule has 0 N–H and O–H groups in total. The number of rotatable bonds is 15. The van der Waals surface area contributed by atoms with E-state index in [2.05, 4.69) is 22.5 Å². The maximum atomic E-state index is 12.9. The van der Waals surface area contributed by atoms with E-state index < -0.39 is 23.7 Å². The van der Waals surface area contributed by atoms with Gasteiger partial charge in [-0.25, -0.2) is 0 Å². The monoisotopic (exact) mass is 515 g/mol. The number of halogens is 3. The SMILES string of the molecule is CCCCCCCCCCCc1noc(-c2ccc(C([N][O])C(C)c3ccc(C(F)(F)F)cc3)cc2)n1. The number of hydrogen-bond donors (Lipinski definition) is 0. The molecule has 2 unspecified atom stereocenters. The van der Waals surface area contributed by atoms with Crippen LogP contribution in [0.2, 0.25) is 0 Å². The standard InChI is InChI=1S/C29H36F3N3O2/c1-3-4-5-6-7-8-9-10-11-12-26-33-28(37-35-26)24-15-13-23(14-16-24)27(34-36)21(2)22-17-19-25(20-18-22)29(30,31)32/h13-21,27H,3-12H2,1-2H3. The second-order valence-electron chi connectivity index (χ2n) is 9.67. The van der Waals surface area contributed by atoms with Crippen molar-refractivity contribution in [2.24, 2.45) is 0 Å². The van der Waals surface area contributed by atoms with Gasteiger partial charge in [-0.15, -0.1) is 5.21 Å². The zero-order valence-corrected chi connectivity index (χ0v) is 21.6. The summed E-state index contributed by atoms with van der Waals surface area (Å²) in [6, 6.07) is 11.2. The van der Waals surface area contributed by atoms with Gasteiger partial charge in [-0.05, 0) is 41.8 Å². The molecule has 0 saturated carbocycles. The van der Waals surface area contributed by atoms with Crippen molar-refractivity contribution >= 4 is 0 Å². The molecule has 37 heavy (non-hydrogen) atoms. The third-order valence-corrected chi connectivity index (χ3v) is 6.82. The van der Waals surface area contributed by atoms with Gasteiger partial charge >= 0.3 is 6.18 Å². The third kappa shape index (κ3) is 8.68. The average Bonchev–Trinajstić information content (AvgIpc) is 3.37. The summed E-state index contributed by atoms with van der Waals surface area (Å²) >= 11 is 0. The van der Waals surface area contributed by atoms with Crippen LogP contribution in [0, 0.1) is 0 Å². The Morgan fingerprint density at radius 2 is 1.41 bits per heavy atom. The van der Waals surface area contributed by atoms with E-state index in [1.165, 1.54) is 57.1 Å². The molecule has 0 fully saturated rings. The predicted octanol–water partition coefficient (Wildman–Crippen LogP) is 8.62. The van der Waals surface area contributed by atoms with E-state index in [1.54, 1.807) is 31.2 Å². The molecule has 1 heterocycles. The van der Waals surface area contributed by atoms with Crippen LogP contribution in [0.1, 0.15) is 106 Å². The van der Waals surface area contributed by atoms with Crippen LogP contribution >= 0.6 is 0 Å². The van der Waals surface area contributed by atoms with Gasteiger partial charge in [0.15, 0.2) is 5.82 Å². The summed E-state index contributed by atoms with van der Waals surface area (Å²) in [7, 11) is 0. The first kappa shape index (κ1) is 28.9. The Hall–Kier alpha value is -2.71. The van der Waals surface area contributed by atoms with Gasteiger partial charge in [0, 0.05) is 17.9 Å². The van der Waals surface area contributed by atoms with Gasteiger partial charge in [0.05, 0.1) is 11.6 Å². The van der Waals surface area contributed by atoms with E-state index in [-0.39, 0.29) is 0 Å². The number of benzene rings is 2. The maximum absolute atomic E-state index is 12.9. The van der Waals surface area contributed by atoms with Crippen molar-refractivity contribution in [3.05, 3.63) is 71.0 Å². The summed E-state index contributed by atoms with van der Waals surface area (Å²) in [4.78, 5) is 4.50. The van der Waals surface area contributed by atoms with Crippen LogP contribution < -0.4 is 5.48 Å². The Morgan fingerprint density at radius 3 is 1.97 bits per heavy atom. The molecule has 5 nitrogen and oxygen atoms in total. The van der Waals surface area contributed by atoms with Gasteiger partial charge in [0.2, 0.25) is 0 Å². The first-order valence-corrected chi connectivity index (χ1v) is 13.3. The fraction of sp³-hybridized carbons (Fsp3) is 0.517. The minimum absolute atomic E-state index is 0.392. The van der Waals surface area contributed by atoms with Crippen molar-refractivity contribution in [1.82, 2.24) is 15.6 Å². The van der Waals surface area contributed by atoms with Crippen LogP contribution in [0.15, 0.2) is 53.1 Å². The van der Waals surface area contributed by atoms with E-state index in [0.717, 1.165) is 37.0 Å². The normalized spacial score (nSPS) is 13.6. The third-order valence-electron chi connectivity index (χ3n) is 6.82. The van der Waals surface area contributed by atoms with Gasteiger partial charge in [0.25, 0.3) is 5.89 Å². The van der Waals surface area contributed by atoms with Crippen molar-refractivity contribution in [3.8, 4) is 11.5 Å². The molecule has 0 aliphatic heterocycles. The van der Waals surface area contributed by atoms with Crippen LogP contribution in [0.5, 0.6) is 0 Å². The van der Waals surface area contributed by atoms with Crippen LogP contribution in [0.4, 0.5) is 13.2 Å². The second kappa shape index (κ2) is 14.3. The predicted molar refractivity (Wildman–Crippen MR) is 136 cm³/mol. The molecule has 0 aliphatic carbocycles. The van der Waals surface area contributed by atoms with Gasteiger partial charge in [-0.3, -0.25) is 0 Å². The summed E-state index contributed by atoms with van der Waals surface area (Å²) < 4.78 is 44.0. The quantitative estimate of drug-likeness (QED) is 0.150. The van der Waals surface area contributed by atoms with Gasteiger partial charge in [0.1, 0.15) is 0 Å². The minimum Gasteiger partial charge on any atom is -0.334 e. The van der Waals surface area contributed by atoms with Gasteiger partial charge in [-0.2, -0.15) is 18.2 Å². The van der Waals surface area contributed by atoms with E-state index in [0.29, 0.717) is 22.8 Å². The van der Waals surface area contributed by atoms with Crippen LogP contribution in [0.3, 0.4) is 0 Å². The number of unbranched alkanes of at least 4 members (excludes halogenated alkanes) is 8. The number of nitrogens with zero attached hydrogens (tertiary/aromatic N) is 3. The Morgan fingerprint density at radius 1 is 0.838 bits per heavy atom. The molecule has 0 bridgehead atoms. The van der Waals surface area contributed by atoms with Crippen molar-refractivity contribution in [2.45, 2.75) is 96.2 Å². The fourth-order valence-corrected chi connectivity index (χ4v) is 4.49. The molecule has 8 heteroatoms. The number of hydrogen-bond acceptors (Lipinski definition) is 3. The van der Waals surface area contributed by atoms with Crippen LogP contribution in [-0.2, 0) is 17.8 Å². The molecule has 1 aromatic heterocycles. The topological polar surface area (TPSA) is 72.9 Å². The largest absolute Gasteiger partial charge is 0.416 e. The molecule has 0 aliphatic rings. The first-order chi connectivity index (χ1) is 17.8. The molecule has 2 atom stereocenters. The van der Waals surface area contributed by atoms with E-state index in [4.69, 9.17) is 4.52 Å². The molecule has 3 rings (SSSR count). The second-order valence-corrected chi connectivity index (χ2v) is 9.67.